The van der Waals surface area contributed by atoms with Gasteiger partial charge in [0, 0.05) is 43.8 Å². The van der Waals surface area contributed by atoms with Crippen molar-refractivity contribution in [1.82, 2.24) is 9.55 Å². The van der Waals surface area contributed by atoms with Crippen molar-refractivity contribution in [1.29, 1.82) is 0 Å². The second-order valence-corrected chi connectivity index (χ2v) is 5.85. The number of hydrogen-bond donors (Lipinski definition) is 0. The fraction of sp³-hybridized carbons (Fsp3) is 0.294. The van der Waals surface area contributed by atoms with Gasteiger partial charge in [-0.25, -0.2) is 4.98 Å². The smallest absolute Gasteiger partial charge is 0.269 e. The number of hydrazone groups is 1. The van der Waals surface area contributed by atoms with Gasteiger partial charge in [0.15, 0.2) is 0 Å². The van der Waals surface area contributed by atoms with Crippen molar-refractivity contribution in [2.24, 2.45) is 16.0 Å². The molecule has 2 heterocycles. The molecule has 1 aliphatic heterocycles. The zero-order valence-corrected chi connectivity index (χ0v) is 14.2. The maximum atomic E-state index is 12.6. The molecule has 134 valence electrons. The number of carbonyl (C=O) groups is 1. The molecule has 1 atom stereocenters. The van der Waals surface area contributed by atoms with Crippen LogP contribution in [0.1, 0.15) is 13.3 Å². The van der Waals surface area contributed by atoms with E-state index < -0.39 is 10.8 Å². The lowest BCUT2D eigenvalue weighted by Crippen LogP contribution is -2.28. The monoisotopic (exact) mass is 354 g/mol. The maximum absolute atomic E-state index is 12.6. The molecule has 26 heavy (non-hydrogen) atoms. The average molecular weight is 354 g/mol. The molecule has 9 nitrogen and oxygen atoms in total. The van der Waals surface area contributed by atoms with Crippen LogP contribution in [0, 0.1) is 16.0 Å². The summed E-state index contributed by atoms with van der Waals surface area (Å²) in [4.78, 5) is 31.1. The fourth-order valence-corrected chi connectivity index (χ4v) is 2.60. The Morgan fingerprint density at radius 3 is 2.77 bits per heavy atom. The molecule has 0 aliphatic carbocycles. The Balaban J connectivity index is 1.58. The third kappa shape index (κ3) is 3.82. The summed E-state index contributed by atoms with van der Waals surface area (Å²) in [6, 6.07) is 5.73. The van der Waals surface area contributed by atoms with E-state index in [1.54, 1.807) is 25.7 Å². The summed E-state index contributed by atoms with van der Waals surface area (Å²) in [5.41, 5.74) is 1.11. The lowest BCUT2D eigenvalue weighted by molar-refractivity contribution is -0.384. The number of hydrogen-bond acceptors (Lipinski definition) is 6. The first-order valence-corrected chi connectivity index (χ1v) is 8.15. The lowest BCUT2D eigenvalue weighted by atomic mass is 10.1. The summed E-state index contributed by atoms with van der Waals surface area (Å²) in [7, 11) is 0. The Bertz CT molecular complexity index is 842. The topological polar surface area (TPSA) is 106 Å². The van der Waals surface area contributed by atoms with E-state index in [0.717, 1.165) is 13.0 Å². The second-order valence-electron chi connectivity index (χ2n) is 5.85. The zero-order chi connectivity index (χ0) is 18.5. The Morgan fingerprint density at radius 1 is 1.35 bits per heavy atom. The third-order valence-corrected chi connectivity index (χ3v) is 4.00. The second kappa shape index (κ2) is 7.68. The molecule has 0 saturated carbocycles. The van der Waals surface area contributed by atoms with Gasteiger partial charge in [-0.15, -0.1) is 0 Å². The van der Waals surface area contributed by atoms with Crippen LogP contribution in [0.4, 0.5) is 11.4 Å². The molecule has 0 fully saturated rings. The standard InChI is InChI=1S/C17H18N6O3/c1-13-16(11-18-7-2-9-21-10-8-19-12-21)17(24)22(20-13)14-3-5-15(6-4-14)23(25)26/h3-6,8,10-12,16H,2,7,9H2,1H3/t16-/m1/s1. The number of nitro benzene ring substituents is 1. The van der Waals surface area contributed by atoms with Crippen LogP contribution in [0.3, 0.4) is 0 Å². The number of non-ortho nitro benzene ring substituents is 1. The molecule has 0 saturated heterocycles. The summed E-state index contributed by atoms with van der Waals surface area (Å²) >= 11 is 0. The first-order chi connectivity index (χ1) is 12.6. The quantitative estimate of drug-likeness (QED) is 0.329. The normalized spacial score (nSPS) is 17.1. The minimum absolute atomic E-state index is 0.0305. The molecule has 1 aliphatic rings. The van der Waals surface area contributed by atoms with Crippen LogP contribution in [0.25, 0.3) is 0 Å². The van der Waals surface area contributed by atoms with E-state index in [1.165, 1.54) is 29.3 Å². The summed E-state index contributed by atoms with van der Waals surface area (Å²) in [5.74, 6) is -0.715. The predicted molar refractivity (Wildman–Crippen MR) is 97.4 cm³/mol. The van der Waals surface area contributed by atoms with Gasteiger partial charge in [0.05, 0.1) is 22.6 Å². The van der Waals surface area contributed by atoms with Gasteiger partial charge in [0.2, 0.25) is 0 Å². The van der Waals surface area contributed by atoms with Crippen LogP contribution in [0.15, 0.2) is 53.1 Å². The molecule has 1 aromatic carbocycles. The van der Waals surface area contributed by atoms with Crippen molar-refractivity contribution in [3.8, 4) is 0 Å². The largest absolute Gasteiger partial charge is 0.337 e. The van der Waals surface area contributed by atoms with E-state index in [4.69, 9.17) is 0 Å². The minimum atomic E-state index is -0.501. The van der Waals surface area contributed by atoms with Crippen LogP contribution in [-0.4, -0.2) is 38.9 Å². The lowest BCUT2D eigenvalue weighted by Gasteiger charge is -2.12. The molecule has 0 bridgehead atoms. The first-order valence-electron chi connectivity index (χ1n) is 8.15. The third-order valence-electron chi connectivity index (χ3n) is 4.00. The number of nitrogens with zero attached hydrogens (tertiary/aromatic N) is 6. The van der Waals surface area contributed by atoms with Gasteiger partial charge in [0.1, 0.15) is 5.92 Å². The number of carbonyl (C=O) groups excluding carboxylic acids is 1. The van der Waals surface area contributed by atoms with Crippen LogP contribution in [0.2, 0.25) is 0 Å². The van der Waals surface area contributed by atoms with Gasteiger partial charge >= 0.3 is 0 Å². The van der Waals surface area contributed by atoms with Crippen molar-refractivity contribution >= 4 is 29.2 Å². The molecular weight excluding hydrogens is 336 g/mol. The van der Waals surface area contributed by atoms with Crippen LogP contribution in [0.5, 0.6) is 0 Å². The van der Waals surface area contributed by atoms with E-state index in [0.29, 0.717) is 17.9 Å². The van der Waals surface area contributed by atoms with Gasteiger partial charge in [-0.3, -0.25) is 19.9 Å². The van der Waals surface area contributed by atoms with Gasteiger partial charge in [-0.05, 0) is 25.5 Å². The maximum Gasteiger partial charge on any atom is 0.269 e. The number of aliphatic imine (C=N–C) groups is 1. The first kappa shape index (κ1) is 17.5. The molecule has 2 aromatic rings. The van der Waals surface area contributed by atoms with Crippen molar-refractivity contribution in [3.63, 3.8) is 0 Å². The van der Waals surface area contributed by atoms with Crippen LogP contribution >= 0.6 is 0 Å². The molecule has 9 heteroatoms. The molecule has 0 N–H and O–H groups in total. The SMILES string of the molecule is CC1=NN(c2ccc([N+](=O)[O-])cc2)C(=O)[C@@H]1C=NCCCn1ccnc1. The highest BCUT2D eigenvalue weighted by Gasteiger charge is 2.33. The highest BCUT2D eigenvalue weighted by atomic mass is 16.6. The number of amides is 1. The number of anilines is 1. The predicted octanol–water partition coefficient (Wildman–Crippen LogP) is 2.29. The van der Waals surface area contributed by atoms with E-state index in [1.807, 2.05) is 10.8 Å². The van der Waals surface area contributed by atoms with E-state index >= 15 is 0 Å². The van der Waals surface area contributed by atoms with E-state index in [-0.39, 0.29) is 11.6 Å². The van der Waals surface area contributed by atoms with Gasteiger partial charge in [-0.2, -0.15) is 10.1 Å². The highest BCUT2D eigenvalue weighted by Crippen LogP contribution is 2.25. The number of nitro groups is 1. The Hall–Kier alpha value is -3.36. The highest BCUT2D eigenvalue weighted by molar-refractivity contribution is 6.23. The molecule has 1 aromatic heterocycles. The van der Waals surface area contributed by atoms with Crippen molar-refractivity contribution in [3.05, 3.63) is 53.1 Å². The summed E-state index contributed by atoms with van der Waals surface area (Å²) in [6.07, 6.45) is 7.84. The van der Waals surface area contributed by atoms with Crippen molar-refractivity contribution in [2.45, 2.75) is 19.9 Å². The molecule has 1 amide bonds. The molecule has 0 radical (unpaired) electrons. The number of aromatic nitrogens is 2. The van der Waals surface area contributed by atoms with Gasteiger partial charge < -0.3 is 4.57 Å². The number of aryl methyl sites for hydroxylation is 1. The van der Waals surface area contributed by atoms with Crippen LogP contribution < -0.4 is 5.01 Å². The molecule has 0 spiro atoms. The van der Waals surface area contributed by atoms with Crippen LogP contribution in [-0.2, 0) is 11.3 Å². The Morgan fingerprint density at radius 2 is 2.12 bits per heavy atom. The Labute approximate surface area is 149 Å². The van der Waals surface area contributed by atoms with Crippen molar-refractivity contribution < 1.29 is 9.72 Å². The summed E-state index contributed by atoms with van der Waals surface area (Å²) in [6.45, 7) is 3.19. The Kier molecular flexibility index (Phi) is 5.16. The zero-order valence-electron chi connectivity index (χ0n) is 14.2. The summed E-state index contributed by atoms with van der Waals surface area (Å²) < 4.78 is 1.97. The van der Waals surface area contributed by atoms with Gasteiger partial charge in [0.25, 0.3) is 11.6 Å². The average Bonchev–Trinajstić information content (AvgIpc) is 3.24. The number of imidazole rings is 1. The fourth-order valence-electron chi connectivity index (χ4n) is 2.60. The van der Waals surface area contributed by atoms with E-state index in [9.17, 15) is 14.9 Å². The van der Waals surface area contributed by atoms with E-state index in [2.05, 4.69) is 15.1 Å². The molecular formula is C17H18N6O3. The number of benzene rings is 1. The summed E-state index contributed by atoms with van der Waals surface area (Å²) in [5, 5.41) is 16.3. The number of rotatable bonds is 7. The minimum Gasteiger partial charge on any atom is -0.337 e. The molecule has 0 unspecified atom stereocenters. The molecule has 3 rings (SSSR count). The van der Waals surface area contributed by atoms with Crippen molar-refractivity contribution in [2.75, 3.05) is 11.6 Å². The van der Waals surface area contributed by atoms with Gasteiger partial charge in [-0.1, -0.05) is 0 Å².